The Labute approximate surface area is 221 Å². The van der Waals surface area contributed by atoms with Crippen LogP contribution in [0, 0.1) is 27.1 Å². The summed E-state index contributed by atoms with van der Waals surface area (Å²) >= 11 is 0. The van der Waals surface area contributed by atoms with Crippen LogP contribution in [0.25, 0.3) is 0 Å². The molecule has 0 aliphatic heterocycles. The van der Waals surface area contributed by atoms with Gasteiger partial charge in [-0.15, -0.1) is 0 Å². The minimum Gasteiger partial charge on any atom is -0.0625 e. The molecule has 0 aromatic rings. The van der Waals surface area contributed by atoms with Gasteiger partial charge >= 0.3 is 0 Å². The molecule has 0 heterocycles. The lowest BCUT2D eigenvalue weighted by molar-refractivity contribution is -0.196. The van der Waals surface area contributed by atoms with Crippen molar-refractivity contribution in [2.24, 2.45) is 27.1 Å². The van der Waals surface area contributed by atoms with E-state index in [0.717, 1.165) is 0 Å². The van der Waals surface area contributed by atoms with Crippen LogP contribution in [0.1, 0.15) is 166 Å². The van der Waals surface area contributed by atoms with Gasteiger partial charge in [-0.2, -0.15) is 0 Å². The summed E-state index contributed by atoms with van der Waals surface area (Å²) in [6.07, 6.45) is 0. The van der Waals surface area contributed by atoms with Gasteiger partial charge < -0.3 is 0 Å². The first-order valence-electron chi connectivity index (χ1n) is 14.0. The first-order chi connectivity index (χ1) is 14.0. The Morgan fingerprint density at radius 3 is 0.353 bits per heavy atom. The van der Waals surface area contributed by atoms with Crippen molar-refractivity contribution < 1.29 is 0 Å². The molecule has 0 saturated heterocycles. The highest BCUT2D eigenvalue weighted by molar-refractivity contribution is 6.90. The second-order valence-electron chi connectivity index (χ2n) is 19.5. The van der Waals surface area contributed by atoms with Crippen LogP contribution in [-0.2, 0) is 0 Å². The van der Waals surface area contributed by atoms with Crippen molar-refractivity contribution in [3.63, 3.8) is 0 Å². The van der Waals surface area contributed by atoms with E-state index in [9.17, 15) is 0 Å². The van der Waals surface area contributed by atoms with Crippen molar-refractivity contribution in [3.05, 3.63) is 0 Å². The highest BCUT2D eigenvalue weighted by Crippen LogP contribution is 2.71. The van der Waals surface area contributed by atoms with Crippen LogP contribution >= 0.6 is 0 Å². The Hall–Kier alpha value is 0.217. The molecule has 0 N–H and O–H groups in total. The summed E-state index contributed by atoms with van der Waals surface area (Å²) in [4.78, 5) is 0. The fraction of sp³-hybridized carbons (Fsp3) is 1.00. The molecule has 0 saturated carbocycles. The molecule has 0 unspecified atom stereocenters. The van der Waals surface area contributed by atoms with Gasteiger partial charge in [0.15, 0.2) is 0 Å². The molecule has 0 radical (unpaired) electrons. The fourth-order valence-electron chi connectivity index (χ4n) is 13.5. The lowest BCUT2D eigenvalue weighted by Gasteiger charge is -2.67. The van der Waals surface area contributed by atoms with Crippen molar-refractivity contribution in [3.8, 4) is 0 Å². The van der Waals surface area contributed by atoms with Crippen molar-refractivity contribution in [1.29, 1.82) is 0 Å². The molecule has 0 nitrogen and oxygen atoms in total. The van der Waals surface area contributed by atoms with Gasteiger partial charge in [0.1, 0.15) is 0 Å². The predicted molar refractivity (Wildman–Crippen MR) is 165 cm³/mol. The summed E-state index contributed by atoms with van der Waals surface area (Å²) < 4.78 is 0. The maximum Gasteiger partial charge on any atom is 0.0751 e. The van der Waals surface area contributed by atoms with Crippen LogP contribution < -0.4 is 0 Å². The zero-order chi connectivity index (χ0) is 29.0. The Kier molecular flexibility index (Phi) is 10.2. The minimum atomic E-state index is -1.60. The maximum absolute atomic E-state index is 2.47. The van der Waals surface area contributed by atoms with E-state index in [-0.39, 0.29) is 27.1 Å². The first-order valence-corrected chi connectivity index (χ1v) is 16.0. The average molecular weight is 497 g/mol. The third kappa shape index (κ3) is 6.02. The van der Waals surface area contributed by atoms with Gasteiger partial charge in [0, 0.05) is 0 Å². The Morgan fingerprint density at radius 2 is 0.353 bits per heavy atom. The zero-order valence-corrected chi connectivity index (χ0v) is 30.0. The van der Waals surface area contributed by atoms with Gasteiger partial charge in [-0.1, -0.05) is 166 Å². The van der Waals surface area contributed by atoms with Crippen molar-refractivity contribution >= 4 is 8.07 Å². The predicted octanol–water partition coefficient (Wildman–Crippen LogP) is 12.8. The van der Waals surface area contributed by atoms with Gasteiger partial charge in [0.05, 0.1) is 8.07 Å². The highest BCUT2D eigenvalue weighted by Gasteiger charge is 2.65. The van der Waals surface area contributed by atoms with E-state index in [4.69, 9.17) is 0 Å². The Balaban J connectivity index is 0. The molecule has 0 aromatic heterocycles. The van der Waals surface area contributed by atoms with E-state index in [1.54, 1.807) is 0 Å². The van der Waals surface area contributed by atoms with Gasteiger partial charge in [-0.05, 0) is 47.2 Å². The first kappa shape index (κ1) is 36.4. The number of hydrogen-bond donors (Lipinski definition) is 0. The van der Waals surface area contributed by atoms with E-state index in [0.29, 0.717) is 20.2 Å². The normalized spacial score (nSPS) is 16.2. The Bertz CT molecular complexity index is 452. The van der Waals surface area contributed by atoms with Crippen LogP contribution in [0.15, 0.2) is 0 Å². The van der Waals surface area contributed by atoms with E-state index in [1.807, 2.05) is 0 Å². The largest absolute Gasteiger partial charge is 0.0751 e. The van der Waals surface area contributed by atoms with Gasteiger partial charge in [0.25, 0.3) is 0 Å². The van der Waals surface area contributed by atoms with Crippen LogP contribution in [0.4, 0.5) is 0 Å². The molecular weight excluding hydrogens is 424 g/mol. The van der Waals surface area contributed by atoms with E-state index in [1.165, 1.54) is 0 Å². The molecule has 0 bridgehead atoms. The SMILES string of the molecule is CC(C)(C)C(C(C)(C)C)(C(C)(C)C)C(C)(C)C.CC(C)(C)[Si](C(C)(C)C)(C(C)(C)C)C(C)(C)C. The topological polar surface area (TPSA) is 0 Å². The summed E-state index contributed by atoms with van der Waals surface area (Å²) in [5.74, 6) is 0. The van der Waals surface area contributed by atoms with Gasteiger partial charge in [0.2, 0.25) is 0 Å². The van der Waals surface area contributed by atoms with E-state index >= 15 is 0 Å². The second-order valence-corrected chi connectivity index (χ2v) is 27.0. The molecule has 1 heteroatoms. The third-order valence-corrected chi connectivity index (χ3v) is 18.0. The minimum absolute atomic E-state index is 0.250. The molecule has 0 fully saturated rings. The van der Waals surface area contributed by atoms with Crippen LogP contribution in [0.5, 0.6) is 0 Å². The van der Waals surface area contributed by atoms with Crippen molar-refractivity contribution in [2.75, 3.05) is 0 Å². The zero-order valence-electron chi connectivity index (χ0n) is 29.0. The molecule has 0 aromatic carbocycles. The molecule has 0 aliphatic rings. The quantitative estimate of drug-likeness (QED) is 0.292. The molecule has 0 rings (SSSR count). The van der Waals surface area contributed by atoms with E-state index in [2.05, 4.69) is 166 Å². The lowest BCUT2D eigenvalue weighted by atomic mass is 9.37. The standard InChI is InChI=1S/C17H36.C16H36Si/c2*1-13(2,3)17(14(4,5)6,15(7,8)9)16(10,11)12/h2*1-12H3. The summed E-state index contributed by atoms with van der Waals surface area (Å²) in [7, 11) is -1.60. The molecular formula is C33H72Si. The summed E-state index contributed by atoms with van der Waals surface area (Å²) in [6.45, 7) is 58.6. The molecule has 0 atom stereocenters. The summed E-state index contributed by atoms with van der Waals surface area (Å²) in [5.41, 5.74) is 1.31. The average Bonchev–Trinajstić information content (AvgIpc) is 2.21. The third-order valence-electron chi connectivity index (χ3n) is 9.00. The summed E-state index contributed by atoms with van der Waals surface area (Å²) in [6, 6.07) is 0. The number of hydrogen-bond acceptors (Lipinski definition) is 0. The van der Waals surface area contributed by atoms with E-state index < -0.39 is 8.07 Å². The summed E-state index contributed by atoms with van der Waals surface area (Å²) in [5, 5.41) is 1.62. The second kappa shape index (κ2) is 9.51. The van der Waals surface area contributed by atoms with Crippen molar-refractivity contribution in [2.45, 2.75) is 186 Å². The molecule has 208 valence electrons. The Morgan fingerprint density at radius 1 is 0.235 bits per heavy atom. The maximum atomic E-state index is 2.47. The fourth-order valence-corrected chi connectivity index (χ4v) is 27.0. The van der Waals surface area contributed by atoms with Gasteiger partial charge in [-0.3, -0.25) is 0 Å². The molecule has 0 spiro atoms. The van der Waals surface area contributed by atoms with Crippen LogP contribution in [-0.4, -0.2) is 8.07 Å². The molecule has 0 amide bonds. The van der Waals surface area contributed by atoms with Crippen LogP contribution in [0.2, 0.25) is 20.2 Å². The molecule has 0 aliphatic carbocycles. The van der Waals surface area contributed by atoms with Crippen molar-refractivity contribution in [1.82, 2.24) is 0 Å². The monoisotopic (exact) mass is 497 g/mol. The lowest BCUT2D eigenvalue weighted by Crippen LogP contribution is -2.63. The number of rotatable bonds is 0. The van der Waals surface area contributed by atoms with Crippen LogP contribution in [0.3, 0.4) is 0 Å². The van der Waals surface area contributed by atoms with Gasteiger partial charge in [-0.25, -0.2) is 0 Å². The smallest absolute Gasteiger partial charge is 0.0625 e. The molecule has 34 heavy (non-hydrogen) atoms. The highest BCUT2D eigenvalue weighted by atomic mass is 28.3.